The zero-order chi connectivity index (χ0) is 19.7. The van der Waals surface area contributed by atoms with Crippen LogP contribution >= 0.6 is 0 Å². The summed E-state index contributed by atoms with van der Waals surface area (Å²) in [4.78, 5) is 10.8. The molecule has 0 spiro atoms. The van der Waals surface area contributed by atoms with Gasteiger partial charge in [0.1, 0.15) is 0 Å². The Hall–Kier alpha value is -0.790. The van der Waals surface area contributed by atoms with Crippen molar-refractivity contribution in [3.63, 3.8) is 0 Å². The van der Waals surface area contributed by atoms with Gasteiger partial charge in [0.05, 0.1) is 0 Å². The molecule has 0 saturated heterocycles. The number of rotatable bonds is 19. The number of carboxylic acids is 1. The van der Waals surface area contributed by atoms with E-state index in [0.29, 0.717) is 12.0 Å². The van der Waals surface area contributed by atoms with Crippen molar-refractivity contribution < 1.29 is 9.90 Å². The van der Waals surface area contributed by atoms with E-state index < -0.39 is 5.97 Å². The first-order valence-electron chi connectivity index (χ1n) is 11.3. The molecule has 0 aromatic heterocycles. The third-order valence-corrected chi connectivity index (χ3v) is 5.61. The molecule has 0 rings (SSSR count). The first-order chi connectivity index (χ1) is 12.4. The van der Waals surface area contributed by atoms with E-state index in [9.17, 15) is 4.79 Å². The molecule has 0 amide bonds. The summed E-state index contributed by atoms with van der Waals surface area (Å²) >= 11 is 0. The molecule has 26 heavy (non-hydrogen) atoms. The summed E-state index contributed by atoms with van der Waals surface area (Å²) in [6, 6.07) is 0. The summed E-state index contributed by atoms with van der Waals surface area (Å²) in [5, 5.41) is 8.89. The van der Waals surface area contributed by atoms with Crippen LogP contribution in [0.4, 0.5) is 0 Å². The molecule has 0 aliphatic heterocycles. The first-order valence-corrected chi connectivity index (χ1v) is 11.3. The molecular formula is C24H46O2. The second-order valence-electron chi connectivity index (χ2n) is 8.92. The fraction of sp³-hybridized carbons (Fsp3) is 0.875. The largest absolute Gasteiger partial charge is 0.478 e. The predicted octanol–water partition coefficient (Wildman–Crippen LogP) is 8.31. The lowest BCUT2D eigenvalue weighted by Gasteiger charge is -2.24. The Morgan fingerprint density at radius 2 is 1.12 bits per heavy atom. The summed E-state index contributed by atoms with van der Waals surface area (Å²) in [6.45, 7) is 10.4. The molecule has 0 unspecified atom stereocenters. The van der Waals surface area contributed by atoms with Gasteiger partial charge in [0.25, 0.3) is 0 Å². The summed E-state index contributed by atoms with van der Waals surface area (Å²) in [5.74, 6) is -0.850. The molecule has 0 aliphatic carbocycles. The number of hydrogen-bond donors (Lipinski definition) is 1. The maximum atomic E-state index is 10.8. The normalized spacial score (nSPS) is 11.7. The quantitative estimate of drug-likeness (QED) is 0.184. The Labute approximate surface area is 163 Å². The van der Waals surface area contributed by atoms with Gasteiger partial charge in [-0.2, -0.15) is 0 Å². The lowest BCUT2D eigenvalue weighted by atomic mass is 9.81. The lowest BCUT2D eigenvalue weighted by Crippen LogP contribution is -2.13. The van der Waals surface area contributed by atoms with E-state index in [1.165, 1.54) is 96.3 Å². The molecule has 0 radical (unpaired) electrons. The average molecular weight is 367 g/mol. The van der Waals surface area contributed by atoms with E-state index >= 15 is 0 Å². The summed E-state index contributed by atoms with van der Waals surface area (Å²) < 4.78 is 0. The summed E-state index contributed by atoms with van der Waals surface area (Å²) in [6.07, 6.45) is 22.2. The Morgan fingerprint density at radius 3 is 1.50 bits per heavy atom. The van der Waals surface area contributed by atoms with Gasteiger partial charge in [-0.15, -0.1) is 0 Å². The molecule has 0 aromatic carbocycles. The van der Waals surface area contributed by atoms with Crippen LogP contribution in [0.2, 0.25) is 0 Å². The summed E-state index contributed by atoms with van der Waals surface area (Å²) in [7, 11) is 0. The van der Waals surface area contributed by atoms with Crippen LogP contribution in [-0.4, -0.2) is 11.1 Å². The Balaban J connectivity index is 3.37. The first kappa shape index (κ1) is 25.2. The van der Waals surface area contributed by atoms with Gasteiger partial charge in [0.2, 0.25) is 0 Å². The van der Waals surface area contributed by atoms with Crippen molar-refractivity contribution in [2.75, 3.05) is 0 Å². The molecule has 2 nitrogen and oxygen atoms in total. The molecule has 0 fully saturated rings. The van der Waals surface area contributed by atoms with Crippen molar-refractivity contribution in [3.8, 4) is 0 Å². The molecule has 0 bridgehead atoms. The van der Waals surface area contributed by atoms with Gasteiger partial charge >= 0.3 is 5.97 Å². The molecule has 0 aromatic rings. The molecule has 0 aliphatic rings. The monoisotopic (exact) mass is 366 g/mol. The third kappa shape index (κ3) is 16.7. The second-order valence-corrected chi connectivity index (χ2v) is 8.92. The molecular weight excluding hydrogens is 320 g/mol. The minimum atomic E-state index is -0.850. The van der Waals surface area contributed by atoms with E-state index in [1.807, 2.05) is 0 Å². The van der Waals surface area contributed by atoms with Gasteiger partial charge in [-0.1, -0.05) is 117 Å². The van der Waals surface area contributed by atoms with Gasteiger partial charge in [-0.3, -0.25) is 0 Å². The number of hydrogen-bond acceptors (Lipinski definition) is 1. The average Bonchev–Trinajstić information content (AvgIpc) is 2.60. The molecule has 0 atom stereocenters. The van der Waals surface area contributed by atoms with E-state index in [2.05, 4.69) is 27.4 Å². The van der Waals surface area contributed by atoms with Crippen molar-refractivity contribution in [1.29, 1.82) is 0 Å². The maximum Gasteiger partial charge on any atom is 0.330 e. The van der Waals surface area contributed by atoms with E-state index in [1.54, 1.807) is 0 Å². The SMILES string of the molecule is C=C(CCC(C)(C)CCCCCCCCCCCCCCCC)C(=O)O. The predicted molar refractivity (Wildman–Crippen MR) is 115 cm³/mol. The highest BCUT2D eigenvalue weighted by Gasteiger charge is 2.18. The van der Waals surface area contributed by atoms with Crippen molar-refractivity contribution in [3.05, 3.63) is 12.2 Å². The van der Waals surface area contributed by atoms with Crippen molar-refractivity contribution in [2.45, 2.75) is 130 Å². The number of carboxylic acid groups (broad SMARTS) is 1. The zero-order valence-corrected chi connectivity index (χ0v) is 18.1. The highest BCUT2D eigenvalue weighted by Crippen LogP contribution is 2.30. The van der Waals surface area contributed by atoms with Crippen molar-refractivity contribution in [1.82, 2.24) is 0 Å². The van der Waals surface area contributed by atoms with Crippen LogP contribution in [-0.2, 0) is 4.79 Å². The van der Waals surface area contributed by atoms with Crippen molar-refractivity contribution >= 4 is 5.97 Å². The number of unbranched alkanes of at least 4 members (excludes halogenated alkanes) is 13. The van der Waals surface area contributed by atoms with E-state index in [-0.39, 0.29) is 5.41 Å². The van der Waals surface area contributed by atoms with Crippen LogP contribution in [0.25, 0.3) is 0 Å². The standard InChI is InChI=1S/C24H46O2/c1-5-6-7-8-9-10-11-12-13-14-15-16-17-18-20-24(3,4)21-19-22(2)23(25)26/h2,5-21H2,1,3-4H3,(H,25,26). The number of aliphatic carboxylic acids is 1. The van der Waals surface area contributed by atoms with Gasteiger partial charge in [-0.25, -0.2) is 4.79 Å². The van der Waals surface area contributed by atoms with Crippen LogP contribution < -0.4 is 0 Å². The highest BCUT2D eigenvalue weighted by molar-refractivity contribution is 5.85. The van der Waals surface area contributed by atoms with Crippen molar-refractivity contribution in [2.24, 2.45) is 5.41 Å². The second kappa shape index (κ2) is 16.4. The smallest absolute Gasteiger partial charge is 0.330 e. The summed E-state index contributed by atoms with van der Waals surface area (Å²) in [5.41, 5.74) is 0.578. The van der Waals surface area contributed by atoms with Gasteiger partial charge in [0.15, 0.2) is 0 Å². The van der Waals surface area contributed by atoms with Gasteiger partial charge in [0, 0.05) is 5.57 Å². The Morgan fingerprint density at radius 1 is 0.731 bits per heavy atom. The fourth-order valence-corrected chi connectivity index (χ4v) is 3.52. The number of carbonyl (C=O) groups is 1. The Kier molecular flexibility index (Phi) is 15.9. The van der Waals surface area contributed by atoms with E-state index in [4.69, 9.17) is 5.11 Å². The third-order valence-electron chi connectivity index (χ3n) is 5.61. The molecule has 1 N–H and O–H groups in total. The van der Waals surface area contributed by atoms with Crippen LogP contribution in [0.1, 0.15) is 130 Å². The molecule has 2 heteroatoms. The van der Waals surface area contributed by atoms with Crippen LogP contribution in [0.3, 0.4) is 0 Å². The van der Waals surface area contributed by atoms with Crippen LogP contribution in [0, 0.1) is 5.41 Å². The van der Waals surface area contributed by atoms with E-state index in [0.717, 1.165) is 6.42 Å². The van der Waals surface area contributed by atoms with Crippen LogP contribution in [0.5, 0.6) is 0 Å². The minimum absolute atomic E-state index is 0.232. The topological polar surface area (TPSA) is 37.3 Å². The lowest BCUT2D eigenvalue weighted by molar-refractivity contribution is -0.132. The van der Waals surface area contributed by atoms with Crippen LogP contribution in [0.15, 0.2) is 12.2 Å². The minimum Gasteiger partial charge on any atom is -0.478 e. The van der Waals surface area contributed by atoms with Gasteiger partial charge < -0.3 is 5.11 Å². The maximum absolute atomic E-state index is 10.8. The molecule has 0 heterocycles. The Bertz CT molecular complexity index is 357. The highest BCUT2D eigenvalue weighted by atomic mass is 16.4. The fourth-order valence-electron chi connectivity index (χ4n) is 3.52. The van der Waals surface area contributed by atoms with Gasteiger partial charge in [-0.05, 0) is 24.7 Å². The zero-order valence-electron chi connectivity index (χ0n) is 18.1. The molecule has 0 saturated carbocycles. The molecule has 154 valence electrons.